The van der Waals surface area contributed by atoms with Crippen LogP contribution in [0.3, 0.4) is 0 Å². The molecule has 1 nitrogen and oxygen atoms in total. The maximum absolute atomic E-state index is 13.7. The Morgan fingerprint density at radius 2 is 1.81 bits per heavy atom. The lowest BCUT2D eigenvalue weighted by Crippen LogP contribution is -2.11. The molecule has 2 unspecified atom stereocenters. The van der Waals surface area contributed by atoms with Crippen molar-refractivity contribution in [3.05, 3.63) is 29.6 Å². The largest absolute Gasteiger partial charge is 0.324 e. The predicted molar refractivity (Wildman–Crippen MR) is 69.2 cm³/mol. The van der Waals surface area contributed by atoms with Gasteiger partial charge in [-0.05, 0) is 25.0 Å². The van der Waals surface area contributed by atoms with Crippen LogP contribution in [0.1, 0.15) is 39.3 Å². The van der Waals surface area contributed by atoms with E-state index in [1.807, 2.05) is 13.0 Å². The third-order valence-corrected chi connectivity index (χ3v) is 4.25. The van der Waals surface area contributed by atoms with Gasteiger partial charge in [0.1, 0.15) is 5.82 Å². The highest BCUT2D eigenvalue weighted by molar-refractivity contribution is 8.00. The second-order valence-corrected chi connectivity index (χ2v) is 5.93. The molecule has 2 atom stereocenters. The van der Waals surface area contributed by atoms with Crippen LogP contribution in [-0.2, 0) is 0 Å². The molecule has 2 N–H and O–H groups in total. The van der Waals surface area contributed by atoms with Gasteiger partial charge in [0, 0.05) is 21.8 Å². The highest BCUT2D eigenvalue weighted by atomic mass is 32.2. The molecule has 90 valence electrons. The Balaban J connectivity index is 2.99. The van der Waals surface area contributed by atoms with Crippen LogP contribution in [-0.4, -0.2) is 5.25 Å². The number of rotatable bonds is 4. The number of hydrogen-bond donors (Lipinski definition) is 1. The molecule has 16 heavy (non-hydrogen) atoms. The van der Waals surface area contributed by atoms with E-state index in [-0.39, 0.29) is 11.9 Å². The molecule has 0 aliphatic rings. The number of benzene rings is 1. The molecule has 0 saturated carbocycles. The molecule has 0 aliphatic heterocycles. The molecular weight excluding hydrogens is 221 g/mol. The number of hydrogen-bond acceptors (Lipinski definition) is 2. The Bertz CT molecular complexity index is 350. The summed E-state index contributed by atoms with van der Waals surface area (Å²) in [6.45, 7) is 8.32. The van der Waals surface area contributed by atoms with Gasteiger partial charge < -0.3 is 5.73 Å². The van der Waals surface area contributed by atoms with Gasteiger partial charge in [-0.25, -0.2) is 4.39 Å². The van der Waals surface area contributed by atoms with Crippen LogP contribution in [0.25, 0.3) is 0 Å². The number of halogens is 1. The molecule has 0 fully saturated rings. The van der Waals surface area contributed by atoms with Crippen LogP contribution < -0.4 is 5.73 Å². The first-order chi connectivity index (χ1) is 7.43. The molecule has 0 bridgehead atoms. The summed E-state index contributed by atoms with van der Waals surface area (Å²) in [5.74, 6) is 0.366. The zero-order valence-corrected chi connectivity index (χ0v) is 11.1. The van der Waals surface area contributed by atoms with Gasteiger partial charge >= 0.3 is 0 Å². The van der Waals surface area contributed by atoms with Crippen molar-refractivity contribution in [2.75, 3.05) is 0 Å². The van der Waals surface area contributed by atoms with Crippen molar-refractivity contribution in [1.29, 1.82) is 0 Å². The third kappa shape index (κ3) is 3.22. The molecule has 0 aliphatic carbocycles. The minimum atomic E-state index is -0.261. The summed E-state index contributed by atoms with van der Waals surface area (Å²) in [5.41, 5.74) is 6.45. The smallest absolute Gasteiger partial charge is 0.129 e. The van der Waals surface area contributed by atoms with Crippen LogP contribution in [0.4, 0.5) is 4.39 Å². The molecule has 0 saturated heterocycles. The topological polar surface area (TPSA) is 26.0 Å². The maximum atomic E-state index is 13.7. The minimum absolute atomic E-state index is 0.198. The Hall–Kier alpha value is -0.540. The maximum Gasteiger partial charge on any atom is 0.129 e. The molecule has 0 heterocycles. The van der Waals surface area contributed by atoms with Crippen molar-refractivity contribution in [1.82, 2.24) is 0 Å². The normalized spacial score (nSPS) is 15.2. The van der Waals surface area contributed by atoms with Gasteiger partial charge in [0.15, 0.2) is 0 Å². The van der Waals surface area contributed by atoms with E-state index in [2.05, 4.69) is 20.8 Å². The van der Waals surface area contributed by atoms with Gasteiger partial charge in [-0.15, -0.1) is 11.8 Å². The van der Waals surface area contributed by atoms with E-state index in [0.29, 0.717) is 16.7 Å². The van der Waals surface area contributed by atoms with Gasteiger partial charge in [-0.2, -0.15) is 0 Å². The molecule has 1 aromatic carbocycles. The summed E-state index contributed by atoms with van der Waals surface area (Å²) in [6, 6.07) is 4.91. The van der Waals surface area contributed by atoms with Crippen LogP contribution in [0.2, 0.25) is 0 Å². The summed E-state index contributed by atoms with van der Waals surface area (Å²) in [7, 11) is 0. The lowest BCUT2D eigenvalue weighted by molar-refractivity contribution is 0.584. The summed E-state index contributed by atoms with van der Waals surface area (Å²) >= 11 is 1.70. The summed E-state index contributed by atoms with van der Waals surface area (Å²) in [5, 5.41) is 0.458. The van der Waals surface area contributed by atoms with E-state index in [1.165, 1.54) is 6.07 Å². The SMILES string of the molecule is CC(N)c1c(F)cccc1SC(C)C(C)C. The lowest BCUT2D eigenvalue weighted by atomic mass is 10.1. The summed E-state index contributed by atoms with van der Waals surface area (Å²) < 4.78 is 13.7. The van der Waals surface area contributed by atoms with Gasteiger partial charge in [-0.3, -0.25) is 0 Å². The molecular formula is C13H20FNS. The molecule has 0 radical (unpaired) electrons. The quantitative estimate of drug-likeness (QED) is 0.807. The Labute approximate surface area is 102 Å². The monoisotopic (exact) mass is 241 g/mol. The lowest BCUT2D eigenvalue weighted by Gasteiger charge is -2.19. The number of nitrogens with two attached hydrogens (primary N) is 1. The van der Waals surface area contributed by atoms with Crippen molar-refractivity contribution in [2.45, 2.75) is 43.9 Å². The second-order valence-electron chi connectivity index (χ2n) is 4.51. The first-order valence-electron chi connectivity index (χ1n) is 5.64. The van der Waals surface area contributed by atoms with Crippen molar-refractivity contribution in [2.24, 2.45) is 11.7 Å². The molecule has 1 rings (SSSR count). The zero-order chi connectivity index (χ0) is 12.3. The first-order valence-corrected chi connectivity index (χ1v) is 6.52. The van der Waals surface area contributed by atoms with E-state index < -0.39 is 0 Å². The van der Waals surface area contributed by atoms with E-state index in [4.69, 9.17) is 5.73 Å². The Morgan fingerprint density at radius 1 is 1.19 bits per heavy atom. The second kappa shape index (κ2) is 5.69. The van der Waals surface area contributed by atoms with Crippen LogP contribution in [0.15, 0.2) is 23.1 Å². The standard InChI is InChI=1S/C13H20FNS/c1-8(2)10(4)16-12-7-5-6-11(14)13(12)9(3)15/h5-10H,15H2,1-4H3. The van der Waals surface area contributed by atoms with Gasteiger partial charge in [0.2, 0.25) is 0 Å². The highest BCUT2D eigenvalue weighted by Gasteiger charge is 2.16. The Kier molecular flexibility index (Phi) is 4.81. The van der Waals surface area contributed by atoms with Crippen molar-refractivity contribution in [3.8, 4) is 0 Å². The van der Waals surface area contributed by atoms with Crippen molar-refractivity contribution < 1.29 is 4.39 Å². The predicted octanol–water partition coefficient (Wildman–Crippen LogP) is 3.98. The van der Waals surface area contributed by atoms with Crippen LogP contribution in [0, 0.1) is 11.7 Å². The minimum Gasteiger partial charge on any atom is -0.324 e. The molecule has 0 spiro atoms. The van der Waals surface area contributed by atoms with Gasteiger partial charge in [0.25, 0.3) is 0 Å². The molecule has 3 heteroatoms. The van der Waals surface area contributed by atoms with Gasteiger partial charge in [0.05, 0.1) is 0 Å². The highest BCUT2D eigenvalue weighted by Crippen LogP contribution is 2.33. The van der Waals surface area contributed by atoms with Crippen molar-refractivity contribution in [3.63, 3.8) is 0 Å². The van der Waals surface area contributed by atoms with Crippen molar-refractivity contribution >= 4 is 11.8 Å². The average molecular weight is 241 g/mol. The van der Waals surface area contributed by atoms with E-state index >= 15 is 0 Å². The van der Waals surface area contributed by atoms with Crippen LogP contribution >= 0.6 is 11.8 Å². The molecule has 0 amide bonds. The average Bonchev–Trinajstić information content (AvgIpc) is 2.16. The fraction of sp³-hybridized carbons (Fsp3) is 0.538. The number of thioether (sulfide) groups is 1. The van der Waals surface area contributed by atoms with Crippen LogP contribution in [0.5, 0.6) is 0 Å². The first kappa shape index (κ1) is 13.5. The van der Waals surface area contributed by atoms with E-state index in [0.717, 1.165) is 4.90 Å². The third-order valence-electron chi connectivity index (χ3n) is 2.72. The zero-order valence-electron chi connectivity index (χ0n) is 10.3. The molecule has 0 aromatic heterocycles. The Morgan fingerprint density at radius 3 is 2.31 bits per heavy atom. The fourth-order valence-electron chi connectivity index (χ4n) is 1.40. The summed E-state index contributed by atoms with van der Waals surface area (Å²) in [4.78, 5) is 0.969. The van der Waals surface area contributed by atoms with E-state index in [1.54, 1.807) is 17.8 Å². The van der Waals surface area contributed by atoms with Gasteiger partial charge in [-0.1, -0.05) is 26.8 Å². The van der Waals surface area contributed by atoms with E-state index in [9.17, 15) is 4.39 Å². The molecule has 1 aromatic rings. The fourth-order valence-corrected chi connectivity index (χ4v) is 2.64. The summed E-state index contributed by atoms with van der Waals surface area (Å²) in [6.07, 6.45) is 0.